The SMILES string of the molecule is CCc1c(Br)c2c(NC(Cc3ccccc3)C(=O)O)ncnc2n1CCCc1ccccc1. The van der Waals surface area contributed by atoms with Crippen molar-refractivity contribution in [2.24, 2.45) is 0 Å². The van der Waals surface area contributed by atoms with Crippen LogP contribution >= 0.6 is 15.9 Å². The van der Waals surface area contributed by atoms with Gasteiger partial charge in [-0.3, -0.25) is 0 Å². The lowest BCUT2D eigenvalue weighted by atomic mass is 10.1. The van der Waals surface area contributed by atoms with E-state index >= 15 is 0 Å². The van der Waals surface area contributed by atoms with E-state index in [4.69, 9.17) is 0 Å². The first-order chi connectivity index (χ1) is 16.1. The van der Waals surface area contributed by atoms with Gasteiger partial charge >= 0.3 is 5.97 Å². The van der Waals surface area contributed by atoms with Crippen molar-refractivity contribution in [2.75, 3.05) is 5.32 Å². The van der Waals surface area contributed by atoms with Crippen LogP contribution in [0, 0.1) is 0 Å². The molecule has 2 aromatic heterocycles. The second kappa shape index (κ2) is 10.6. The maximum absolute atomic E-state index is 12.0. The fourth-order valence-electron chi connectivity index (χ4n) is 4.17. The number of carbonyl (C=O) groups is 1. The molecule has 1 atom stereocenters. The van der Waals surface area contributed by atoms with Crippen LogP contribution in [0.1, 0.15) is 30.2 Å². The summed E-state index contributed by atoms with van der Waals surface area (Å²) in [6, 6.07) is 19.3. The Hall–Kier alpha value is -3.19. The van der Waals surface area contributed by atoms with E-state index in [2.05, 4.69) is 67.0 Å². The quantitative estimate of drug-likeness (QED) is 0.297. The first-order valence-corrected chi connectivity index (χ1v) is 12.0. The number of fused-ring (bicyclic) bond motifs is 1. The molecule has 7 heteroatoms. The minimum Gasteiger partial charge on any atom is -0.480 e. The Bertz CT molecular complexity index is 1230. The topological polar surface area (TPSA) is 80.0 Å². The fraction of sp³-hybridized carbons (Fsp3) is 0.269. The fourth-order valence-corrected chi connectivity index (χ4v) is 5.03. The number of aliphatic carboxylic acids is 1. The molecule has 0 bridgehead atoms. The monoisotopic (exact) mass is 506 g/mol. The van der Waals surface area contributed by atoms with Gasteiger partial charge in [-0.05, 0) is 46.3 Å². The maximum atomic E-state index is 12.0. The van der Waals surface area contributed by atoms with E-state index in [1.807, 2.05) is 36.4 Å². The van der Waals surface area contributed by atoms with Crippen LogP contribution in [0.2, 0.25) is 0 Å². The number of carboxylic acids is 1. The van der Waals surface area contributed by atoms with E-state index < -0.39 is 12.0 Å². The number of benzene rings is 2. The first kappa shape index (κ1) is 23.0. The van der Waals surface area contributed by atoms with Crippen molar-refractivity contribution in [3.05, 3.63) is 88.3 Å². The number of nitrogens with one attached hydrogen (secondary N) is 1. The number of aryl methyl sites for hydroxylation is 2. The number of halogens is 1. The lowest BCUT2D eigenvalue weighted by molar-refractivity contribution is -0.137. The van der Waals surface area contributed by atoms with Crippen LogP contribution in [0.15, 0.2) is 71.5 Å². The summed E-state index contributed by atoms with van der Waals surface area (Å²) < 4.78 is 3.15. The second-order valence-corrected chi connectivity index (χ2v) is 8.79. The van der Waals surface area contributed by atoms with Gasteiger partial charge in [-0.25, -0.2) is 14.8 Å². The summed E-state index contributed by atoms with van der Waals surface area (Å²) in [6.07, 6.45) is 4.65. The minimum absolute atomic E-state index is 0.359. The molecule has 0 fully saturated rings. The third kappa shape index (κ3) is 5.25. The van der Waals surface area contributed by atoms with Gasteiger partial charge in [-0.1, -0.05) is 67.6 Å². The molecule has 4 aromatic rings. The average Bonchev–Trinajstić information content (AvgIpc) is 3.11. The zero-order valence-corrected chi connectivity index (χ0v) is 20.1. The normalized spacial score (nSPS) is 12.1. The summed E-state index contributed by atoms with van der Waals surface area (Å²) in [5.74, 6) is -0.383. The number of nitrogens with zero attached hydrogens (tertiary/aromatic N) is 3. The van der Waals surface area contributed by atoms with Crippen molar-refractivity contribution in [1.29, 1.82) is 0 Å². The van der Waals surface area contributed by atoms with Gasteiger partial charge in [0.2, 0.25) is 0 Å². The van der Waals surface area contributed by atoms with Crippen LogP contribution < -0.4 is 5.32 Å². The van der Waals surface area contributed by atoms with Gasteiger partial charge in [-0.2, -0.15) is 0 Å². The molecule has 2 N–H and O–H groups in total. The van der Waals surface area contributed by atoms with Gasteiger partial charge in [0.15, 0.2) is 0 Å². The minimum atomic E-state index is -0.917. The van der Waals surface area contributed by atoms with Gasteiger partial charge in [0.25, 0.3) is 0 Å². The molecular weight excluding hydrogens is 480 g/mol. The van der Waals surface area contributed by atoms with E-state index in [-0.39, 0.29) is 0 Å². The predicted molar refractivity (Wildman–Crippen MR) is 135 cm³/mol. The standard InChI is InChI=1S/C26H27BrN4O2/c1-2-21-23(27)22-24(30-20(26(32)33)16-19-12-7-4-8-13-19)28-17-29-25(22)31(21)15-9-14-18-10-5-3-6-11-18/h3-8,10-13,17,20H,2,9,14-16H2,1H3,(H,32,33)(H,28,29,30). The molecule has 0 amide bonds. The van der Waals surface area contributed by atoms with Crippen LogP contribution in [0.4, 0.5) is 5.82 Å². The third-order valence-electron chi connectivity index (χ3n) is 5.80. The number of carboxylic acid groups (broad SMARTS) is 1. The molecule has 0 radical (unpaired) electrons. The molecule has 2 heterocycles. The van der Waals surface area contributed by atoms with E-state index in [1.54, 1.807) is 0 Å². The summed E-state index contributed by atoms with van der Waals surface area (Å²) in [7, 11) is 0. The number of aromatic nitrogens is 3. The average molecular weight is 507 g/mol. The highest BCUT2D eigenvalue weighted by atomic mass is 79.9. The molecule has 4 rings (SSSR count). The van der Waals surface area contributed by atoms with Crippen LogP contribution in [0.25, 0.3) is 11.0 Å². The molecular formula is C26H27BrN4O2. The van der Waals surface area contributed by atoms with Crippen LogP contribution in [-0.2, 0) is 30.6 Å². The summed E-state index contributed by atoms with van der Waals surface area (Å²) in [4.78, 5) is 21.0. The Balaban J connectivity index is 1.62. The third-order valence-corrected chi connectivity index (χ3v) is 6.65. The summed E-state index contributed by atoms with van der Waals surface area (Å²) in [5.41, 5.74) is 4.22. The summed E-state index contributed by atoms with van der Waals surface area (Å²) in [6.45, 7) is 2.94. The Morgan fingerprint density at radius 1 is 1.06 bits per heavy atom. The second-order valence-electron chi connectivity index (χ2n) is 8.00. The first-order valence-electron chi connectivity index (χ1n) is 11.2. The van der Waals surface area contributed by atoms with Gasteiger partial charge in [0, 0.05) is 18.7 Å². The smallest absolute Gasteiger partial charge is 0.326 e. The van der Waals surface area contributed by atoms with E-state index in [1.165, 1.54) is 11.9 Å². The van der Waals surface area contributed by atoms with Crippen LogP contribution in [0.3, 0.4) is 0 Å². The van der Waals surface area contributed by atoms with E-state index in [0.29, 0.717) is 12.2 Å². The van der Waals surface area contributed by atoms with Crippen molar-refractivity contribution >= 4 is 38.8 Å². The molecule has 0 spiro atoms. The Labute approximate surface area is 201 Å². The van der Waals surface area contributed by atoms with Crippen LogP contribution in [-0.4, -0.2) is 31.7 Å². The van der Waals surface area contributed by atoms with Crippen LogP contribution in [0.5, 0.6) is 0 Å². The lowest BCUT2D eigenvalue weighted by Crippen LogP contribution is -2.32. The van der Waals surface area contributed by atoms with Crippen molar-refractivity contribution in [3.63, 3.8) is 0 Å². The molecule has 0 aliphatic carbocycles. The number of anilines is 1. The predicted octanol–water partition coefficient (Wildman–Crippen LogP) is 5.50. The van der Waals surface area contributed by atoms with Gasteiger partial charge in [-0.15, -0.1) is 0 Å². The maximum Gasteiger partial charge on any atom is 0.326 e. The molecule has 6 nitrogen and oxygen atoms in total. The number of rotatable bonds is 10. The Morgan fingerprint density at radius 3 is 2.36 bits per heavy atom. The van der Waals surface area contributed by atoms with Crippen molar-refractivity contribution in [2.45, 2.75) is 45.2 Å². The number of hydrogen-bond donors (Lipinski definition) is 2. The molecule has 0 saturated carbocycles. The molecule has 0 aliphatic heterocycles. The van der Waals surface area contributed by atoms with Crippen molar-refractivity contribution < 1.29 is 9.90 Å². The zero-order chi connectivity index (χ0) is 23.2. The molecule has 2 aromatic carbocycles. The van der Waals surface area contributed by atoms with Gasteiger partial charge in [0.1, 0.15) is 23.8 Å². The highest BCUT2D eigenvalue weighted by molar-refractivity contribution is 9.10. The molecule has 170 valence electrons. The van der Waals surface area contributed by atoms with Crippen molar-refractivity contribution in [3.8, 4) is 0 Å². The van der Waals surface area contributed by atoms with Gasteiger partial charge in [0.05, 0.1) is 9.86 Å². The Kier molecular flexibility index (Phi) is 7.40. The Morgan fingerprint density at radius 2 is 1.73 bits per heavy atom. The van der Waals surface area contributed by atoms with E-state index in [0.717, 1.165) is 52.6 Å². The molecule has 0 saturated heterocycles. The highest BCUT2D eigenvalue weighted by Gasteiger charge is 2.23. The number of hydrogen-bond acceptors (Lipinski definition) is 4. The van der Waals surface area contributed by atoms with E-state index in [9.17, 15) is 9.90 Å². The van der Waals surface area contributed by atoms with Gasteiger partial charge < -0.3 is 15.0 Å². The largest absolute Gasteiger partial charge is 0.480 e. The molecule has 0 aliphatic rings. The molecule has 1 unspecified atom stereocenters. The van der Waals surface area contributed by atoms with Crippen molar-refractivity contribution in [1.82, 2.24) is 14.5 Å². The zero-order valence-electron chi connectivity index (χ0n) is 18.5. The molecule has 33 heavy (non-hydrogen) atoms. The highest BCUT2D eigenvalue weighted by Crippen LogP contribution is 2.35. The summed E-state index contributed by atoms with van der Waals surface area (Å²) in [5, 5.41) is 13.8. The lowest BCUT2D eigenvalue weighted by Gasteiger charge is -2.16. The summed E-state index contributed by atoms with van der Waals surface area (Å²) >= 11 is 3.76.